The van der Waals surface area contributed by atoms with E-state index in [-0.39, 0.29) is 17.4 Å². The summed E-state index contributed by atoms with van der Waals surface area (Å²) in [6, 6.07) is 6.33. The van der Waals surface area contributed by atoms with Gasteiger partial charge in [0.1, 0.15) is 5.75 Å². The fraction of sp³-hybridized carbons (Fsp3) is 0.750. The van der Waals surface area contributed by atoms with E-state index in [0.29, 0.717) is 11.7 Å². The number of unbranched alkanes of at least 4 members (excludes halogenated alkanes) is 3. The molecule has 1 aromatic rings. The van der Waals surface area contributed by atoms with Crippen LogP contribution in [0.15, 0.2) is 18.2 Å². The summed E-state index contributed by atoms with van der Waals surface area (Å²) in [7, 11) is 4.21. The van der Waals surface area contributed by atoms with Crippen LogP contribution < -0.4 is 0 Å². The molecule has 1 aliphatic carbocycles. The van der Waals surface area contributed by atoms with Crippen LogP contribution in [0, 0.1) is 5.92 Å². The summed E-state index contributed by atoms with van der Waals surface area (Å²) in [4.78, 5) is 2.22. The number of hydrogen-bond donors (Lipinski definition) is 2. The number of aliphatic hydroxyl groups excluding tert-OH is 1. The summed E-state index contributed by atoms with van der Waals surface area (Å²) in [6.07, 6.45) is 8.65. The van der Waals surface area contributed by atoms with Crippen LogP contribution in [0.4, 0.5) is 0 Å². The molecule has 0 amide bonds. The Morgan fingerprint density at radius 2 is 1.85 bits per heavy atom. The zero-order valence-electron chi connectivity index (χ0n) is 18.2. The van der Waals surface area contributed by atoms with Crippen LogP contribution in [0.3, 0.4) is 0 Å². The van der Waals surface area contributed by atoms with Crippen LogP contribution in [0.25, 0.3) is 0 Å². The van der Waals surface area contributed by atoms with Crippen molar-refractivity contribution in [2.24, 2.45) is 5.92 Å². The van der Waals surface area contributed by atoms with Crippen LogP contribution in [-0.2, 0) is 5.41 Å². The second-order valence-electron chi connectivity index (χ2n) is 9.56. The summed E-state index contributed by atoms with van der Waals surface area (Å²) in [5, 5.41) is 21.1. The van der Waals surface area contributed by atoms with Crippen molar-refractivity contribution in [1.29, 1.82) is 0 Å². The van der Waals surface area contributed by atoms with E-state index in [1.54, 1.807) is 0 Å². The van der Waals surface area contributed by atoms with Crippen molar-refractivity contribution in [3.05, 3.63) is 29.3 Å². The SMILES string of the molecule is CCCCCCC(C)(C)c1ccc([C@H]2C[C@H](O)CC[C@@H]2CN(C)C)c(O)c1. The third-order valence-corrected chi connectivity index (χ3v) is 6.43. The first-order valence-corrected chi connectivity index (χ1v) is 10.9. The molecule has 0 aliphatic heterocycles. The molecule has 3 atom stereocenters. The third kappa shape index (κ3) is 6.22. The van der Waals surface area contributed by atoms with Gasteiger partial charge in [0, 0.05) is 6.54 Å². The van der Waals surface area contributed by atoms with E-state index in [2.05, 4.69) is 51.9 Å². The first-order valence-electron chi connectivity index (χ1n) is 10.9. The van der Waals surface area contributed by atoms with Gasteiger partial charge in [-0.3, -0.25) is 0 Å². The molecular weight excluding hydrogens is 334 g/mol. The molecule has 27 heavy (non-hydrogen) atoms. The Labute approximate surface area is 166 Å². The minimum atomic E-state index is -0.248. The summed E-state index contributed by atoms with van der Waals surface area (Å²) in [5.41, 5.74) is 2.32. The van der Waals surface area contributed by atoms with E-state index < -0.39 is 0 Å². The number of phenols is 1. The Bertz CT molecular complexity index is 582. The molecular formula is C24H41NO2. The lowest BCUT2D eigenvalue weighted by atomic mass is 9.72. The van der Waals surface area contributed by atoms with Gasteiger partial charge in [0.05, 0.1) is 6.10 Å². The Balaban J connectivity index is 2.16. The molecule has 3 nitrogen and oxygen atoms in total. The van der Waals surface area contributed by atoms with Crippen molar-refractivity contribution < 1.29 is 10.2 Å². The van der Waals surface area contributed by atoms with E-state index in [9.17, 15) is 10.2 Å². The van der Waals surface area contributed by atoms with Gasteiger partial charge in [0.25, 0.3) is 0 Å². The Morgan fingerprint density at radius 1 is 1.11 bits per heavy atom. The van der Waals surface area contributed by atoms with Gasteiger partial charge >= 0.3 is 0 Å². The molecule has 0 spiro atoms. The Morgan fingerprint density at radius 3 is 2.48 bits per heavy atom. The second kappa shape index (κ2) is 9.93. The number of hydrogen-bond acceptors (Lipinski definition) is 3. The van der Waals surface area contributed by atoms with Gasteiger partial charge in [-0.2, -0.15) is 0 Å². The highest BCUT2D eigenvalue weighted by atomic mass is 16.3. The highest BCUT2D eigenvalue weighted by Gasteiger charge is 2.33. The number of benzene rings is 1. The van der Waals surface area contributed by atoms with Gasteiger partial charge in [-0.25, -0.2) is 0 Å². The predicted molar refractivity (Wildman–Crippen MR) is 115 cm³/mol. The van der Waals surface area contributed by atoms with Crippen molar-refractivity contribution in [3.8, 4) is 5.75 Å². The normalized spacial score (nSPS) is 23.7. The Kier molecular flexibility index (Phi) is 8.18. The largest absolute Gasteiger partial charge is 0.508 e. The van der Waals surface area contributed by atoms with Crippen LogP contribution in [0.2, 0.25) is 0 Å². The van der Waals surface area contributed by atoms with Gasteiger partial charge in [-0.1, -0.05) is 58.6 Å². The van der Waals surface area contributed by atoms with E-state index in [4.69, 9.17) is 0 Å². The summed E-state index contributed by atoms with van der Waals surface area (Å²) in [6.45, 7) is 7.81. The Hall–Kier alpha value is -1.06. The standard InChI is InChI=1S/C24H41NO2/c1-6-7-8-9-14-24(2,3)19-11-13-21(23(27)15-19)22-16-20(26)12-10-18(22)17-25(4)5/h11,13,15,18,20,22,26-27H,6-10,12,14,16-17H2,1-5H3/t18-,20-,22+/m1/s1. The molecule has 2 rings (SSSR count). The van der Waals surface area contributed by atoms with E-state index in [0.717, 1.165) is 37.8 Å². The molecule has 0 aromatic heterocycles. The maximum Gasteiger partial charge on any atom is 0.119 e. The predicted octanol–water partition coefficient (Wildman–Crippen LogP) is 5.45. The minimum absolute atomic E-state index is 0.0822. The third-order valence-electron chi connectivity index (χ3n) is 6.43. The first kappa shape index (κ1) is 22.2. The van der Waals surface area contributed by atoms with Gasteiger partial charge in [-0.15, -0.1) is 0 Å². The first-order chi connectivity index (χ1) is 12.7. The lowest BCUT2D eigenvalue weighted by molar-refractivity contribution is 0.0841. The molecule has 1 saturated carbocycles. The monoisotopic (exact) mass is 375 g/mol. The zero-order valence-corrected chi connectivity index (χ0v) is 18.2. The summed E-state index contributed by atoms with van der Waals surface area (Å²) in [5.74, 6) is 1.14. The molecule has 1 fully saturated rings. The molecule has 0 radical (unpaired) electrons. The van der Waals surface area contributed by atoms with Gasteiger partial charge < -0.3 is 15.1 Å². The fourth-order valence-corrected chi connectivity index (χ4v) is 4.70. The van der Waals surface area contributed by atoms with Crippen molar-refractivity contribution in [2.45, 2.75) is 89.6 Å². The van der Waals surface area contributed by atoms with E-state index in [1.807, 2.05) is 6.07 Å². The van der Waals surface area contributed by atoms with Crippen LogP contribution in [0.5, 0.6) is 5.75 Å². The molecule has 2 N–H and O–H groups in total. The maximum atomic E-state index is 10.9. The molecule has 0 unspecified atom stereocenters. The van der Waals surface area contributed by atoms with Gasteiger partial charge in [-0.05, 0) is 74.2 Å². The van der Waals surface area contributed by atoms with E-state index >= 15 is 0 Å². The number of aromatic hydroxyl groups is 1. The molecule has 0 bridgehead atoms. The number of nitrogens with zero attached hydrogens (tertiary/aromatic N) is 1. The van der Waals surface area contributed by atoms with Gasteiger partial charge in [0.2, 0.25) is 0 Å². The quantitative estimate of drug-likeness (QED) is 0.564. The van der Waals surface area contributed by atoms with Crippen molar-refractivity contribution >= 4 is 0 Å². The summed E-state index contributed by atoms with van der Waals surface area (Å²) >= 11 is 0. The van der Waals surface area contributed by atoms with Crippen LogP contribution >= 0.6 is 0 Å². The van der Waals surface area contributed by atoms with Crippen molar-refractivity contribution in [1.82, 2.24) is 4.90 Å². The van der Waals surface area contributed by atoms with Crippen molar-refractivity contribution in [3.63, 3.8) is 0 Å². The highest BCUT2D eigenvalue weighted by Crippen LogP contribution is 2.43. The number of rotatable bonds is 9. The lowest BCUT2D eigenvalue weighted by Crippen LogP contribution is -2.33. The second-order valence-corrected chi connectivity index (χ2v) is 9.56. The molecule has 0 heterocycles. The molecule has 0 saturated heterocycles. The average Bonchev–Trinajstić information content (AvgIpc) is 2.60. The number of aliphatic hydroxyl groups is 1. The maximum absolute atomic E-state index is 10.9. The van der Waals surface area contributed by atoms with Crippen LogP contribution in [0.1, 0.15) is 89.2 Å². The van der Waals surface area contributed by atoms with E-state index in [1.165, 1.54) is 31.2 Å². The zero-order chi connectivity index (χ0) is 20.0. The van der Waals surface area contributed by atoms with Crippen LogP contribution in [-0.4, -0.2) is 41.9 Å². The smallest absolute Gasteiger partial charge is 0.119 e. The molecule has 1 aliphatic rings. The number of phenolic OH excluding ortho intramolecular Hbond substituents is 1. The van der Waals surface area contributed by atoms with Gasteiger partial charge in [0.15, 0.2) is 0 Å². The van der Waals surface area contributed by atoms with Crippen molar-refractivity contribution in [2.75, 3.05) is 20.6 Å². The molecule has 3 heteroatoms. The molecule has 154 valence electrons. The minimum Gasteiger partial charge on any atom is -0.508 e. The fourth-order valence-electron chi connectivity index (χ4n) is 4.70. The highest BCUT2D eigenvalue weighted by molar-refractivity contribution is 5.42. The molecule has 1 aromatic carbocycles. The topological polar surface area (TPSA) is 43.7 Å². The lowest BCUT2D eigenvalue weighted by Gasteiger charge is -2.36. The summed E-state index contributed by atoms with van der Waals surface area (Å²) < 4.78 is 0. The average molecular weight is 376 g/mol.